The molecule has 0 aliphatic carbocycles. The molecule has 1 aromatic heterocycles. The normalized spacial score (nSPS) is 22.7. The predicted molar refractivity (Wildman–Crippen MR) is 74.1 cm³/mol. The van der Waals surface area contributed by atoms with Crippen molar-refractivity contribution in [2.45, 2.75) is 31.3 Å². The minimum absolute atomic E-state index is 0.100. The van der Waals surface area contributed by atoms with Crippen molar-refractivity contribution in [3.8, 4) is 0 Å². The molecule has 1 fully saturated rings. The molecule has 2 atom stereocenters. The van der Waals surface area contributed by atoms with Gasteiger partial charge in [0.05, 0.1) is 5.37 Å². The van der Waals surface area contributed by atoms with E-state index in [4.69, 9.17) is 5.73 Å². The van der Waals surface area contributed by atoms with Gasteiger partial charge in [-0.3, -0.25) is 4.79 Å². The smallest absolute Gasteiger partial charge is 0.327 e. The lowest BCUT2D eigenvalue weighted by Crippen LogP contribution is -2.45. The average molecular weight is 301 g/mol. The molecule has 2 heterocycles. The van der Waals surface area contributed by atoms with E-state index in [1.165, 1.54) is 28.0 Å². The molecule has 8 heteroatoms. The lowest BCUT2D eigenvalue weighted by molar-refractivity contribution is -0.141. The first-order valence-corrected chi connectivity index (χ1v) is 7.82. The highest BCUT2D eigenvalue weighted by Crippen LogP contribution is 2.32. The summed E-state index contributed by atoms with van der Waals surface area (Å²) in [6.45, 7) is 2.22. The molecule has 6 nitrogen and oxygen atoms in total. The Labute approximate surface area is 119 Å². The number of hydrogen-bond donors (Lipinski definition) is 2. The van der Waals surface area contributed by atoms with Crippen molar-refractivity contribution in [3.05, 3.63) is 16.1 Å². The Morgan fingerprint density at radius 2 is 2.37 bits per heavy atom. The number of thioether (sulfide) groups is 1. The van der Waals surface area contributed by atoms with Gasteiger partial charge in [0.15, 0.2) is 0 Å². The van der Waals surface area contributed by atoms with Crippen molar-refractivity contribution in [2.24, 2.45) is 5.73 Å². The fraction of sp³-hybridized carbons (Fsp3) is 0.545. The second kappa shape index (κ2) is 5.89. The monoisotopic (exact) mass is 301 g/mol. The van der Waals surface area contributed by atoms with Gasteiger partial charge in [0.1, 0.15) is 16.7 Å². The number of aliphatic carboxylic acids is 1. The molecule has 0 radical (unpaired) electrons. The number of carbonyl (C=O) groups excluding carboxylic acids is 1. The largest absolute Gasteiger partial charge is 0.480 e. The molecule has 19 heavy (non-hydrogen) atoms. The summed E-state index contributed by atoms with van der Waals surface area (Å²) in [6, 6.07) is -0.773. The minimum Gasteiger partial charge on any atom is -0.480 e. The maximum Gasteiger partial charge on any atom is 0.327 e. The van der Waals surface area contributed by atoms with Crippen LogP contribution in [0.2, 0.25) is 0 Å². The zero-order valence-corrected chi connectivity index (χ0v) is 12.0. The first-order valence-electron chi connectivity index (χ1n) is 5.90. The van der Waals surface area contributed by atoms with Crippen LogP contribution in [0.25, 0.3) is 0 Å². The van der Waals surface area contributed by atoms with Gasteiger partial charge >= 0.3 is 5.97 Å². The molecular weight excluding hydrogens is 286 g/mol. The maximum atomic E-state index is 12.4. The lowest BCUT2D eigenvalue weighted by atomic mass is 10.2. The number of aromatic nitrogens is 1. The summed E-state index contributed by atoms with van der Waals surface area (Å²) >= 11 is 2.81. The Kier molecular flexibility index (Phi) is 4.43. The van der Waals surface area contributed by atoms with Crippen LogP contribution in [0.15, 0.2) is 5.38 Å². The highest BCUT2D eigenvalue weighted by atomic mass is 32.2. The molecule has 1 aromatic rings. The zero-order valence-electron chi connectivity index (χ0n) is 10.4. The van der Waals surface area contributed by atoms with E-state index in [-0.39, 0.29) is 23.5 Å². The standard InChI is InChI=1S/C11H15N3O3S2/c1-2-9-14(7(5-19-9)11(16)17)10(15)6-4-18-8(3-12)13-6/h4,7,9H,2-3,5,12H2,1H3,(H,16,17). The molecule has 2 unspecified atom stereocenters. The Balaban J connectivity index is 2.25. The fourth-order valence-electron chi connectivity index (χ4n) is 1.98. The van der Waals surface area contributed by atoms with Gasteiger partial charge in [0.25, 0.3) is 5.91 Å². The summed E-state index contributed by atoms with van der Waals surface area (Å²) in [4.78, 5) is 29.2. The molecule has 3 N–H and O–H groups in total. The van der Waals surface area contributed by atoms with Gasteiger partial charge in [-0.15, -0.1) is 23.1 Å². The van der Waals surface area contributed by atoms with Gasteiger partial charge in [0, 0.05) is 17.7 Å². The van der Waals surface area contributed by atoms with E-state index in [9.17, 15) is 14.7 Å². The average Bonchev–Trinajstić information content (AvgIpc) is 3.03. The number of rotatable bonds is 4. The molecule has 104 valence electrons. The number of carboxylic acids is 1. The summed E-state index contributed by atoms with van der Waals surface area (Å²) < 4.78 is 0. The van der Waals surface area contributed by atoms with E-state index in [0.29, 0.717) is 17.2 Å². The van der Waals surface area contributed by atoms with E-state index in [1.807, 2.05) is 6.92 Å². The van der Waals surface area contributed by atoms with Crippen LogP contribution in [0.5, 0.6) is 0 Å². The second-order valence-corrected chi connectivity index (χ2v) is 6.25. The molecule has 1 aliphatic rings. The number of carboxylic acid groups (broad SMARTS) is 1. The molecule has 0 aromatic carbocycles. The number of amides is 1. The molecule has 1 saturated heterocycles. The fourth-order valence-corrected chi connectivity index (χ4v) is 3.97. The molecule has 0 bridgehead atoms. The lowest BCUT2D eigenvalue weighted by Gasteiger charge is -2.25. The summed E-state index contributed by atoms with van der Waals surface area (Å²) in [6.07, 6.45) is 0.716. The van der Waals surface area contributed by atoms with E-state index in [0.717, 1.165) is 0 Å². The van der Waals surface area contributed by atoms with E-state index in [2.05, 4.69) is 4.98 Å². The summed E-state index contributed by atoms with van der Waals surface area (Å²) in [5.41, 5.74) is 5.76. The van der Waals surface area contributed by atoms with Crippen LogP contribution in [0.3, 0.4) is 0 Å². The highest BCUT2D eigenvalue weighted by Gasteiger charge is 2.41. The summed E-state index contributed by atoms with van der Waals surface area (Å²) in [5.74, 6) is -0.862. The van der Waals surface area contributed by atoms with Crippen molar-refractivity contribution in [1.82, 2.24) is 9.88 Å². The second-order valence-electron chi connectivity index (χ2n) is 4.09. The number of nitrogens with two attached hydrogens (primary N) is 1. The SMILES string of the molecule is CCC1SCC(C(=O)O)N1C(=O)c1csc(CN)n1. The minimum atomic E-state index is -0.967. The van der Waals surface area contributed by atoms with E-state index >= 15 is 0 Å². The summed E-state index contributed by atoms with van der Waals surface area (Å²) in [5, 5.41) is 11.4. The third kappa shape index (κ3) is 2.75. The highest BCUT2D eigenvalue weighted by molar-refractivity contribution is 8.00. The van der Waals surface area contributed by atoms with Crippen LogP contribution in [-0.2, 0) is 11.3 Å². The van der Waals surface area contributed by atoms with Crippen LogP contribution in [0.1, 0.15) is 28.8 Å². The van der Waals surface area contributed by atoms with Gasteiger partial charge in [-0.2, -0.15) is 0 Å². The third-order valence-electron chi connectivity index (χ3n) is 2.91. The van der Waals surface area contributed by atoms with Crippen LogP contribution < -0.4 is 5.73 Å². The zero-order chi connectivity index (χ0) is 14.0. The van der Waals surface area contributed by atoms with Crippen molar-refractivity contribution in [3.63, 3.8) is 0 Å². The van der Waals surface area contributed by atoms with Gasteiger partial charge < -0.3 is 15.7 Å². The van der Waals surface area contributed by atoms with Crippen molar-refractivity contribution in [2.75, 3.05) is 5.75 Å². The Morgan fingerprint density at radius 1 is 1.63 bits per heavy atom. The summed E-state index contributed by atoms with van der Waals surface area (Å²) in [7, 11) is 0. The number of nitrogens with zero attached hydrogens (tertiary/aromatic N) is 2. The molecular formula is C11H15N3O3S2. The first kappa shape index (κ1) is 14.3. The predicted octanol–water partition coefficient (Wildman–Crippen LogP) is 0.980. The van der Waals surface area contributed by atoms with Gasteiger partial charge in [-0.05, 0) is 6.42 Å². The molecule has 2 rings (SSSR count). The van der Waals surface area contributed by atoms with Crippen molar-refractivity contribution in [1.29, 1.82) is 0 Å². The van der Waals surface area contributed by atoms with Crippen LogP contribution in [0.4, 0.5) is 0 Å². The Hall–Kier alpha value is -1.12. The molecule has 1 aliphatic heterocycles. The topological polar surface area (TPSA) is 96.5 Å². The third-order valence-corrected chi connectivity index (χ3v) is 5.23. The number of carbonyl (C=O) groups is 2. The van der Waals surface area contributed by atoms with Crippen LogP contribution in [0, 0.1) is 0 Å². The maximum absolute atomic E-state index is 12.4. The number of hydrogen-bond acceptors (Lipinski definition) is 6. The van der Waals surface area contributed by atoms with E-state index in [1.54, 1.807) is 5.38 Å². The van der Waals surface area contributed by atoms with Crippen LogP contribution in [-0.4, -0.2) is 44.0 Å². The number of thiazole rings is 1. The van der Waals surface area contributed by atoms with Crippen LogP contribution >= 0.6 is 23.1 Å². The molecule has 0 saturated carbocycles. The van der Waals surface area contributed by atoms with Gasteiger partial charge in [-0.25, -0.2) is 9.78 Å². The molecule has 1 amide bonds. The van der Waals surface area contributed by atoms with E-state index < -0.39 is 12.0 Å². The van der Waals surface area contributed by atoms with Crippen molar-refractivity contribution >= 4 is 35.0 Å². The van der Waals surface area contributed by atoms with Crippen molar-refractivity contribution < 1.29 is 14.7 Å². The first-order chi connectivity index (χ1) is 9.08. The van der Waals surface area contributed by atoms with Gasteiger partial charge in [-0.1, -0.05) is 6.92 Å². The molecule has 0 spiro atoms. The Morgan fingerprint density at radius 3 is 2.89 bits per heavy atom. The Bertz CT molecular complexity index is 491. The van der Waals surface area contributed by atoms with Gasteiger partial charge in [0.2, 0.25) is 0 Å². The quantitative estimate of drug-likeness (QED) is 0.860.